The van der Waals surface area contributed by atoms with Gasteiger partial charge in [0, 0.05) is 23.8 Å². The number of likely N-dealkylation sites (N-methyl/N-ethyl adjacent to an activating group) is 1. The molecular formula is C12H20N2OS. The number of nitrogens with zero attached hydrogens (tertiary/aromatic N) is 2. The molecule has 0 aromatic carbocycles. The third kappa shape index (κ3) is 2.62. The first-order valence-corrected chi connectivity index (χ1v) is 6.84. The smallest absolute Gasteiger partial charge is 0.0943 e. The zero-order chi connectivity index (χ0) is 11.5. The van der Waals surface area contributed by atoms with E-state index in [1.807, 2.05) is 6.92 Å². The number of aromatic nitrogens is 1. The van der Waals surface area contributed by atoms with Gasteiger partial charge in [0.1, 0.15) is 0 Å². The predicted octanol–water partition coefficient (Wildman–Crippen LogP) is 1.88. The van der Waals surface area contributed by atoms with Crippen molar-refractivity contribution in [3.05, 3.63) is 16.1 Å². The van der Waals surface area contributed by atoms with Crippen molar-refractivity contribution in [2.75, 3.05) is 20.2 Å². The van der Waals surface area contributed by atoms with Gasteiger partial charge in [0.2, 0.25) is 0 Å². The van der Waals surface area contributed by atoms with Gasteiger partial charge in [0.05, 0.1) is 17.3 Å². The molecule has 90 valence electrons. The molecule has 4 heteroatoms. The fourth-order valence-corrected chi connectivity index (χ4v) is 3.17. The third-order valence-corrected chi connectivity index (χ3v) is 4.32. The lowest BCUT2D eigenvalue weighted by atomic mass is 10.1. The number of hydrogen-bond acceptors (Lipinski definition) is 4. The summed E-state index contributed by atoms with van der Waals surface area (Å²) in [5.41, 5.74) is 1.04. The van der Waals surface area contributed by atoms with Crippen LogP contribution in [-0.4, -0.2) is 41.2 Å². The Labute approximate surface area is 101 Å². The largest absolute Gasteiger partial charge is 0.396 e. The minimum atomic E-state index is 0.173. The number of likely N-dealkylation sites (tertiary alicyclic amines) is 1. The molecule has 0 saturated carbocycles. The Bertz CT molecular complexity index is 340. The van der Waals surface area contributed by atoms with Crippen LogP contribution in [0.3, 0.4) is 0 Å². The van der Waals surface area contributed by atoms with Gasteiger partial charge in [-0.25, -0.2) is 4.98 Å². The summed E-state index contributed by atoms with van der Waals surface area (Å²) >= 11 is 1.73. The van der Waals surface area contributed by atoms with Gasteiger partial charge in [0.15, 0.2) is 0 Å². The molecule has 1 saturated heterocycles. The summed E-state index contributed by atoms with van der Waals surface area (Å²) in [5, 5.41) is 12.4. The maximum atomic E-state index is 9.08. The van der Waals surface area contributed by atoms with Crippen LogP contribution in [-0.2, 0) is 6.42 Å². The molecule has 3 nitrogen and oxygen atoms in total. The van der Waals surface area contributed by atoms with Gasteiger partial charge in [-0.3, -0.25) is 0 Å². The fraction of sp³-hybridized carbons (Fsp3) is 0.750. The molecule has 0 amide bonds. The monoisotopic (exact) mass is 240 g/mol. The van der Waals surface area contributed by atoms with Crippen LogP contribution in [0.25, 0.3) is 0 Å². The van der Waals surface area contributed by atoms with Gasteiger partial charge in [0.25, 0.3) is 0 Å². The van der Waals surface area contributed by atoms with Gasteiger partial charge >= 0.3 is 0 Å². The van der Waals surface area contributed by atoms with E-state index in [1.165, 1.54) is 24.4 Å². The second-order valence-electron chi connectivity index (χ2n) is 4.73. The standard InChI is InChI=1S/C12H20N2OS/c1-9(7-15)11-8-16-12(13-11)6-10-4-3-5-14(10)2/h8-10,15H,3-7H2,1-2H3. The van der Waals surface area contributed by atoms with Crippen molar-refractivity contribution in [3.8, 4) is 0 Å². The van der Waals surface area contributed by atoms with Crippen molar-refractivity contribution in [1.82, 2.24) is 9.88 Å². The summed E-state index contributed by atoms with van der Waals surface area (Å²) < 4.78 is 0. The summed E-state index contributed by atoms with van der Waals surface area (Å²) in [6.45, 7) is 3.42. The molecule has 2 heterocycles. The van der Waals surface area contributed by atoms with Crippen molar-refractivity contribution in [2.45, 2.75) is 38.1 Å². The van der Waals surface area contributed by atoms with E-state index >= 15 is 0 Å². The van der Waals surface area contributed by atoms with Crippen molar-refractivity contribution in [2.24, 2.45) is 0 Å². The molecule has 16 heavy (non-hydrogen) atoms. The molecule has 0 aliphatic carbocycles. The highest BCUT2D eigenvalue weighted by molar-refractivity contribution is 7.09. The summed E-state index contributed by atoms with van der Waals surface area (Å²) in [6, 6.07) is 0.670. The molecule has 0 spiro atoms. The van der Waals surface area contributed by atoms with E-state index in [0.717, 1.165) is 12.1 Å². The molecule has 0 radical (unpaired) electrons. The van der Waals surface area contributed by atoms with Crippen LogP contribution in [0.5, 0.6) is 0 Å². The first kappa shape index (κ1) is 12.0. The minimum Gasteiger partial charge on any atom is -0.396 e. The lowest BCUT2D eigenvalue weighted by Gasteiger charge is -2.17. The maximum absolute atomic E-state index is 9.08. The maximum Gasteiger partial charge on any atom is 0.0943 e. The Hall–Kier alpha value is -0.450. The average molecular weight is 240 g/mol. The van der Waals surface area contributed by atoms with Crippen LogP contribution >= 0.6 is 11.3 Å². The van der Waals surface area contributed by atoms with E-state index in [9.17, 15) is 0 Å². The zero-order valence-corrected chi connectivity index (χ0v) is 10.8. The van der Waals surface area contributed by atoms with Crippen molar-refractivity contribution < 1.29 is 5.11 Å². The molecule has 1 aliphatic heterocycles. The summed E-state index contributed by atoms with van der Waals surface area (Å²) in [6.07, 6.45) is 3.67. The minimum absolute atomic E-state index is 0.173. The molecule has 2 rings (SSSR count). The molecular weight excluding hydrogens is 220 g/mol. The van der Waals surface area contributed by atoms with E-state index in [4.69, 9.17) is 5.11 Å². The van der Waals surface area contributed by atoms with E-state index in [2.05, 4.69) is 22.3 Å². The van der Waals surface area contributed by atoms with E-state index in [1.54, 1.807) is 11.3 Å². The molecule has 1 N–H and O–H groups in total. The normalized spacial score (nSPS) is 23.8. The first-order chi connectivity index (χ1) is 7.70. The quantitative estimate of drug-likeness (QED) is 0.873. The molecule has 1 aromatic heterocycles. The summed E-state index contributed by atoms with van der Waals surface area (Å²) in [7, 11) is 2.20. The highest BCUT2D eigenvalue weighted by Crippen LogP contribution is 2.23. The predicted molar refractivity (Wildman–Crippen MR) is 67.0 cm³/mol. The fourth-order valence-electron chi connectivity index (χ4n) is 2.18. The van der Waals surface area contributed by atoms with Crippen LogP contribution in [0.4, 0.5) is 0 Å². The molecule has 1 aliphatic rings. The Balaban J connectivity index is 1.97. The lowest BCUT2D eigenvalue weighted by Crippen LogP contribution is -2.26. The first-order valence-electron chi connectivity index (χ1n) is 5.96. The summed E-state index contributed by atoms with van der Waals surface area (Å²) in [5.74, 6) is 0.173. The number of aliphatic hydroxyl groups excluding tert-OH is 1. The van der Waals surface area contributed by atoms with Crippen molar-refractivity contribution >= 4 is 11.3 Å². The summed E-state index contributed by atoms with van der Waals surface area (Å²) in [4.78, 5) is 7.04. The van der Waals surface area contributed by atoms with E-state index < -0.39 is 0 Å². The van der Waals surface area contributed by atoms with Gasteiger partial charge < -0.3 is 10.0 Å². The number of aliphatic hydroxyl groups is 1. The van der Waals surface area contributed by atoms with Crippen LogP contribution < -0.4 is 0 Å². The van der Waals surface area contributed by atoms with E-state index in [0.29, 0.717) is 6.04 Å². The highest BCUT2D eigenvalue weighted by atomic mass is 32.1. The van der Waals surface area contributed by atoms with Crippen LogP contribution in [0.2, 0.25) is 0 Å². The van der Waals surface area contributed by atoms with Crippen LogP contribution in [0, 0.1) is 0 Å². The van der Waals surface area contributed by atoms with Gasteiger partial charge in [-0.15, -0.1) is 11.3 Å². The Morgan fingerprint density at radius 1 is 1.69 bits per heavy atom. The van der Waals surface area contributed by atoms with Gasteiger partial charge in [-0.1, -0.05) is 6.92 Å². The number of thiazole rings is 1. The van der Waals surface area contributed by atoms with Crippen LogP contribution in [0.15, 0.2) is 5.38 Å². The SMILES string of the molecule is CC(CO)c1csc(CC2CCCN2C)n1. The Kier molecular flexibility index (Phi) is 3.95. The van der Waals surface area contributed by atoms with Crippen molar-refractivity contribution in [3.63, 3.8) is 0 Å². The third-order valence-electron chi connectivity index (χ3n) is 3.43. The lowest BCUT2D eigenvalue weighted by molar-refractivity contribution is 0.271. The second kappa shape index (κ2) is 5.25. The molecule has 0 bridgehead atoms. The van der Waals surface area contributed by atoms with Crippen LogP contribution in [0.1, 0.15) is 36.4 Å². The van der Waals surface area contributed by atoms with Gasteiger partial charge in [-0.2, -0.15) is 0 Å². The Morgan fingerprint density at radius 2 is 2.50 bits per heavy atom. The van der Waals surface area contributed by atoms with Gasteiger partial charge in [-0.05, 0) is 26.4 Å². The topological polar surface area (TPSA) is 36.4 Å². The number of rotatable bonds is 4. The number of hydrogen-bond donors (Lipinski definition) is 1. The molecule has 2 atom stereocenters. The van der Waals surface area contributed by atoms with E-state index in [-0.39, 0.29) is 12.5 Å². The molecule has 2 unspecified atom stereocenters. The Morgan fingerprint density at radius 3 is 3.12 bits per heavy atom. The average Bonchev–Trinajstić information content (AvgIpc) is 2.89. The zero-order valence-electron chi connectivity index (χ0n) is 10.0. The van der Waals surface area contributed by atoms with Crippen molar-refractivity contribution in [1.29, 1.82) is 0 Å². The second-order valence-corrected chi connectivity index (χ2v) is 5.67. The highest BCUT2D eigenvalue weighted by Gasteiger charge is 2.22. The molecule has 1 aromatic rings. The molecule has 1 fully saturated rings.